The number of anilines is 1. The molecule has 2 aliphatic rings. The molecule has 3 aromatic heterocycles. The number of pyridine rings is 1. The summed E-state index contributed by atoms with van der Waals surface area (Å²) in [5.74, 6) is -0.666. The van der Waals surface area contributed by atoms with Crippen molar-refractivity contribution in [3.05, 3.63) is 68.6 Å². The molecule has 5 rings (SSSR count). The van der Waals surface area contributed by atoms with Crippen LogP contribution in [0.4, 0.5) is 19.0 Å². The lowest BCUT2D eigenvalue weighted by Gasteiger charge is -2.26. The zero-order valence-corrected chi connectivity index (χ0v) is 23.2. The van der Waals surface area contributed by atoms with Crippen LogP contribution in [0.15, 0.2) is 30.7 Å². The average molecular weight is 614 g/mol. The molecule has 0 radical (unpaired) electrons. The second-order valence-electron chi connectivity index (χ2n) is 9.94. The number of aliphatic hydroxyl groups is 1. The Balaban J connectivity index is 1.37. The van der Waals surface area contributed by atoms with Crippen LogP contribution in [-0.4, -0.2) is 64.1 Å². The van der Waals surface area contributed by atoms with Crippen molar-refractivity contribution in [1.82, 2.24) is 19.7 Å². The van der Waals surface area contributed by atoms with Crippen molar-refractivity contribution in [2.24, 2.45) is 5.92 Å². The maximum Gasteiger partial charge on any atom is 0.433 e. The van der Waals surface area contributed by atoms with Gasteiger partial charge in [0.05, 0.1) is 28.8 Å². The molecule has 4 N–H and O–H groups in total. The molecule has 0 aromatic carbocycles. The molecule has 1 fully saturated rings. The van der Waals surface area contributed by atoms with Crippen LogP contribution in [-0.2, 0) is 27.6 Å². The third-order valence-electron chi connectivity index (χ3n) is 7.15. The number of ether oxygens (including phenoxy) is 1. The van der Waals surface area contributed by atoms with E-state index in [4.69, 9.17) is 9.29 Å². The van der Waals surface area contributed by atoms with Gasteiger partial charge in [0.1, 0.15) is 23.9 Å². The Morgan fingerprint density at radius 1 is 1.27 bits per heavy atom. The van der Waals surface area contributed by atoms with Gasteiger partial charge in [-0.2, -0.15) is 26.3 Å². The van der Waals surface area contributed by atoms with Crippen LogP contribution in [0, 0.1) is 12.8 Å². The highest BCUT2D eigenvalue weighted by Crippen LogP contribution is 2.39. The summed E-state index contributed by atoms with van der Waals surface area (Å²) in [6.07, 6.45) is -2.71. The molecule has 0 saturated heterocycles. The number of carbonyl (C=O) groups is 1. The maximum atomic E-state index is 13.6. The number of thiophene rings is 1. The predicted octanol–water partition coefficient (Wildman–Crippen LogP) is 3.10. The van der Waals surface area contributed by atoms with E-state index in [1.807, 2.05) is 4.72 Å². The summed E-state index contributed by atoms with van der Waals surface area (Å²) in [5, 5.41) is 13.5. The van der Waals surface area contributed by atoms with E-state index >= 15 is 0 Å². The fraction of sp³-hybridized carbons (Fsp3) is 0.440. The van der Waals surface area contributed by atoms with Crippen LogP contribution in [0.1, 0.15) is 61.6 Å². The maximum absolute atomic E-state index is 13.6. The Labute approximate surface area is 237 Å². The number of alkyl halides is 3. The van der Waals surface area contributed by atoms with Crippen molar-refractivity contribution < 1.29 is 40.8 Å². The summed E-state index contributed by atoms with van der Waals surface area (Å²) >= 11 is 1.16. The average Bonchev–Trinajstić information content (AvgIpc) is 3.47. The lowest BCUT2D eigenvalue weighted by molar-refractivity contribution is -0.141. The normalized spacial score (nSPS) is 22.9. The van der Waals surface area contributed by atoms with E-state index in [0.717, 1.165) is 17.4 Å². The number of rotatable bonds is 8. The van der Waals surface area contributed by atoms with E-state index < -0.39 is 46.1 Å². The lowest BCUT2D eigenvalue weighted by atomic mass is 9.97. The number of fused-ring (bicyclic) bond motifs is 1. The standard InChI is InChI=1S/C25H26F3N5O6S2/c1-12-16(23-21-13(4-5-39-23)2-3-20(33-21)25(26,27)28)8-19(40-12)22(35)17-10-29-11-30-24(17)32-15-6-14(18(34)7-15)9-31-41(36,37)38/h2-3,8,10-11,14-15,18,23,31,34H,4-7,9H2,1H3,(H,29,30,32)(H,36,37,38)/t14-,15-,18+,23-/m1/s1. The van der Waals surface area contributed by atoms with Crippen LogP contribution in [0.25, 0.3) is 0 Å². The van der Waals surface area contributed by atoms with Gasteiger partial charge in [0.2, 0.25) is 5.78 Å². The molecule has 4 atom stereocenters. The summed E-state index contributed by atoms with van der Waals surface area (Å²) in [6.45, 7) is 1.89. The van der Waals surface area contributed by atoms with Crippen LogP contribution in [0.2, 0.25) is 0 Å². The number of carbonyl (C=O) groups excluding carboxylic acids is 1. The van der Waals surface area contributed by atoms with Gasteiger partial charge >= 0.3 is 16.5 Å². The second kappa shape index (κ2) is 11.3. The topological polar surface area (TPSA) is 164 Å². The molecule has 220 valence electrons. The largest absolute Gasteiger partial charge is 0.433 e. The van der Waals surface area contributed by atoms with Crippen LogP contribution in [0.5, 0.6) is 0 Å². The summed E-state index contributed by atoms with van der Waals surface area (Å²) in [4.78, 5) is 26.6. The minimum atomic E-state index is -4.61. The molecule has 0 spiro atoms. The zero-order chi connectivity index (χ0) is 29.5. The second-order valence-corrected chi connectivity index (χ2v) is 12.4. The van der Waals surface area contributed by atoms with Gasteiger partial charge in [0.25, 0.3) is 0 Å². The van der Waals surface area contributed by atoms with Gasteiger partial charge in [-0.05, 0) is 43.9 Å². The van der Waals surface area contributed by atoms with Gasteiger partial charge < -0.3 is 15.2 Å². The smallest absolute Gasteiger partial charge is 0.393 e. The third-order valence-corrected chi connectivity index (χ3v) is 8.75. The molecule has 11 nitrogen and oxygen atoms in total. The van der Waals surface area contributed by atoms with Crippen molar-refractivity contribution in [2.75, 3.05) is 18.5 Å². The van der Waals surface area contributed by atoms with Gasteiger partial charge in [0.15, 0.2) is 0 Å². The van der Waals surface area contributed by atoms with Crippen LogP contribution < -0.4 is 10.0 Å². The number of hydrogen-bond acceptors (Lipinski definition) is 10. The first kappa shape index (κ1) is 29.5. The Morgan fingerprint density at radius 3 is 2.78 bits per heavy atom. The zero-order valence-electron chi connectivity index (χ0n) is 21.6. The first-order valence-electron chi connectivity index (χ1n) is 12.6. The van der Waals surface area contributed by atoms with E-state index in [-0.39, 0.29) is 42.7 Å². The Hall–Kier alpha value is -3.02. The molecule has 3 aromatic rings. The summed E-state index contributed by atoms with van der Waals surface area (Å²) < 4.78 is 78.8. The van der Waals surface area contributed by atoms with Gasteiger partial charge in [-0.25, -0.2) is 15.0 Å². The van der Waals surface area contributed by atoms with Crippen molar-refractivity contribution in [3.63, 3.8) is 0 Å². The number of nitrogens with one attached hydrogen (secondary N) is 2. The molecule has 4 heterocycles. The molecule has 16 heteroatoms. The Morgan fingerprint density at radius 2 is 2.05 bits per heavy atom. The Kier molecular flexibility index (Phi) is 8.15. The monoisotopic (exact) mass is 613 g/mol. The van der Waals surface area contributed by atoms with Gasteiger partial charge in [0, 0.05) is 35.1 Å². The molecule has 1 aliphatic carbocycles. The number of aryl methyl sites for hydroxylation is 1. The SMILES string of the molecule is Cc1sc(C(=O)c2cncnc2N[C@@H]2C[C@H](CNS(=O)(=O)O)[C@@H](O)C2)cc1[C@H]1OCCc2ccc(C(F)(F)F)nc21. The van der Waals surface area contributed by atoms with Gasteiger partial charge in [-0.15, -0.1) is 11.3 Å². The molecule has 1 aliphatic heterocycles. The third kappa shape index (κ3) is 6.57. The minimum Gasteiger partial charge on any atom is -0.393 e. The summed E-state index contributed by atoms with van der Waals surface area (Å²) in [7, 11) is -4.40. The fourth-order valence-corrected chi connectivity index (χ4v) is 6.59. The van der Waals surface area contributed by atoms with Crippen molar-refractivity contribution in [3.8, 4) is 0 Å². The lowest BCUT2D eigenvalue weighted by Crippen LogP contribution is -2.32. The summed E-state index contributed by atoms with van der Waals surface area (Å²) in [6, 6.07) is 3.62. The fourth-order valence-electron chi connectivity index (χ4n) is 5.16. The van der Waals surface area contributed by atoms with E-state index in [2.05, 4.69) is 20.3 Å². The van der Waals surface area contributed by atoms with Crippen LogP contribution >= 0.6 is 11.3 Å². The number of aromatic nitrogens is 3. The Bertz CT molecular complexity index is 1570. The molecule has 0 unspecified atom stereocenters. The molecule has 1 saturated carbocycles. The molecule has 0 amide bonds. The first-order chi connectivity index (χ1) is 19.3. The highest BCUT2D eigenvalue weighted by molar-refractivity contribution is 7.83. The van der Waals surface area contributed by atoms with Crippen molar-refractivity contribution in [1.29, 1.82) is 0 Å². The minimum absolute atomic E-state index is 0.150. The van der Waals surface area contributed by atoms with Gasteiger partial charge in [-0.3, -0.25) is 9.35 Å². The van der Waals surface area contributed by atoms with Crippen molar-refractivity contribution >= 4 is 33.2 Å². The summed E-state index contributed by atoms with van der Waals surface area (Å²) in [5.41, 5.74) is 0.511. The number of ketones is 1. The molecule has 0 bridgehead atoms. The highest BCUT2D eigenvalue weighted by Gasteiger charge is 2.37. The van der Waals surface area contributed by atoms with E-state index in [9.17, 15) is 31.5 Å². The van der Waals surface area contributed by atoms with Crippen molar-refractivity contribution in [2.45, 2.75) is 50.6 Å². The molecular formula is C25H26F3N5O6S2. The van der Waals surface area contributed by atoms with Crippen LogP contribution in [0.3, 0.4) is 0 Å². The molecular weight excluding hydrogens is 587 g/mol. The number of nitrogens with zero attached hydrogens (tertiary/aromatic N) is 3. The molecule has 41 heavy (non-hydrogen) atoms. The first-order valence-corrected chi connectivity index (χ1v) is 14.9. The van der Waals surface area contributed by atoms with E-state index in [0.29, 0.717) is 33.7 Å². The van der Waals surface area contributed by atoms with E-state index in [1.165, 1.54) is 18.6 Å². The number of halogens is 3. The number of aliphatic hydroxyl groups excluding tert-OH is 1. The quantitative estimate of drug-likeness (QED) is 0.219. The number of hydrogen-bond donors (Lipinski definition) is 4. The highest BCUT2D eigenvalue weighted by atomic mass is 32.2. The van der Waals surface area contributed by atoms with Gasteiger partial charge in [-0.1, -0.05) is 6.07 Å². The predicted molar refractivity (Wildman–Crippen MR) is 141 cm³/mol. The van der Waals surface area contributed by atoms with E-state index in [1.54, 1.807) is 13.0 Å².